The van der Waals surface area contributed by atoms with Crippen molar-refractivity contribution in [3.05, 3.63) is 11.9 Å². The summed E-state index contributed by atoms with van der Waals surface area (Å²) in [6, 6.07) is 0. The summed E-state index contributed by atoms with van der Waals surface area (Å²) in [7, 11) is 3.21. The van der Waals surface area contributed by atoms with E-state index >= 15 is 0 Å². The second-order valence-electron chi connectivity index (χ2n) is 3.47. The number of nitrogens with zero attached hydrogens (tertiary/aromatic N) is 2. The SMILES string of the molecule is COc1cnn(C)c1C(=O)COC(C)C. The van der Waals surface area contributed by atoms with Gasteiger partial charge in [-0.1, -0.05) is 0 Å². The minimum atomic E-state index is -0.124. The number of rotatable bonds is 5. The summed E-state index contributed by atoms with van der Waals surface area (Å²) < 4.78 is 11.8. The molecule has 0 unspecified atom stereocenters. The Morgan fingerprint density at radius 1 is 1.60 bits per heavy atom. The minimum Gasteiger partial charge on any atom is -0.493 e. The molecule has 0 aliphatic heterocycles. The number of carbonyl (C=O) groups excluding carboxylic acids is 1. The smallest absolute Gasteiger partial charge is 0.210 e. The molecule has 0 fully saturated rings. The van der Waals surface area contributed by atoms with Crippen molar-refractivity contribution in [1.29, 1.82) is 0 Å². The van der Waals surface area contributed by atoms with Gasteiger partial charge in [-0.05, 0) is 13.8 Å². The molecule has 5 heteroatoms. The number of ether oxygens (including phenoxy) is 2. The summed E-state index contributed by atoms with van der Waals surface area (Å²) in [5.74, 6) is 0.357. The fourth-order valence-corrected chi connectivity index (χ4v) is 1.20. The molecule has 84 valence electrons. The molecule has 15 heavy (non-hydrogen) atoms. The third-order valence-corrected chi connectivity index (χ3v) is 1.94. The summed E-state index contributed by atoms with van der Waals surface area (Å²) in [4.78, 5) is 11.7. The van der Waals surface area contributed by atoms with Gasteiger partial charge in [0.05, 0.1) is 19.4 Å². The Morgan fingerprint density at radius 3 is 2.80 bits per heavy atom. The van der Waals surface area contributed by atoms with Crippen LogP contribution in [0.1, 0.15) is 24.3 Å². The van der Waals surface area contributed by atoms with Gasteiger partial charge in [-0.15, -0.1) is 0 Å². The van der Waals surface area contributed by atoms with E-state index in [1.807, 2.05) is 13.8 Å². The standard InChI is InChI=1S/C10H16N2O3/c1-7(2)15-6-8(13)10-9(14-4)5-11-12(10)3/h5,7H,6H2,1-4H3. The molecule has 0 aliphatic carbocycles. The molecule has 1 aromatic heterocycles. The number of hydrogen-bond acceptors (Lipinski definition) is 4. The summed E-state index contributed by atoms with van der Waals surface area (Å²) >= 11 is 0. The van der Waals surface area contributed by atoms with E-state index in [1.54, 1.807) is 7.05 Å². The molecular formula is C10H16N2O3. The van der Waals surface area contributed by atoms with E-state index < -0.39 is 0 Å². The number of hydrogen-bond donors (Lipinski definition) is 0. The Balaban J connectivity index is 2.76. The molecular weight excluding hydrogens is 196 g/mol. The van der Waals surface area contributed by atoms with Gasteiger partial charge in [0.1, 0.15) is 12.3 Å². The summed E-state index contributed by atoms with van der Waals surface area (Å²) in [6.45, 7) is 3.81. The maximum atomic E-state index is 11.7. The quantitative estimate of drug-likeness (QED) is 0.684. The summed E-state index contributed by atoms with van der Waals surface area (Å²) in [5.41, 5.74) is 0.443. The van der Waals surface area contributed by atoms with Crippen LogP contribution in [-0.4, -0.2) is 35.4 Å². The van der Waals surface area contributed by atoms with Crippen LogP contribution < -0.4 is 4.74 Å². The van der Waals surface area contributed by atoms with Crippen molar-refractivity contribution < 1.29 is 14.3 Å². The number of ketones is 1. The molecule has 0 bridgehead atoms. The first-order chi connectivity index (χ1) is 7.06. The molecule has 0 atom stereocenters. The zero-order valence-electron chi connectivity index (χ0n) is 9.48. The van der Waals surface area contributed by atoms with E-state index in [2.05, 4.69) is 5.10 Å². The van der Waals surface area contributed by atoms with E-state index in [-0.39, 0.29) is 18.5 Å². The van der Waals surface area contributed by atoms with Crippen LogP contribution >= 0.6 is 0 Å². The van der Waals surface area contributed by atoms with Crippen LogP contribution in [0.5, 0.6) is 5.75 Å². The second kappa shape index (κ2) is 4.93. The van der Waals surface area contributed by atoms with Gasteiger partial charge in [0.15, 0.2) is 5.75 Å². The lowest BCUT2D eigenvalue weighted by Gasteiger charge is -2.07. The van der Waals surface area contributed by atoms with Crippen molar-refractivity contribution >= 4 is 5.78 Å². The highest BCUT2D eigenvalue weighted by Crippen LogP contribution is 2.17. The van der Waals surface area contributed by atoms with Crippen LogP contribution in [-0.2, 0) is 11.8 Å². The van der Waals surface area contributed by atoms with Crippen molar-refractivity contribution in [1.82, 2.24) is 9.78 Å². The third kappa shape index (κ3) is 2.79. The van der Waals surface area contributed by atoms with Crippen LogP contribution in [0.25, 0.3) is 0 Å². The van der Waals surface area contributed by atoms with E-state index in [9.17, 15) is 4.79 Å². The van der Waals surface area contributed by atoms with E-state index in [0.29, 0.717) is 11.4 Å². The predicted octanol–water partition coefficient (Wildman–Crippen LogP) is 1.04. The first-order valence-electron chi connectivity index (χ1n) is 4.77. The van der Waals surface area contributed by atoms with Crippen LogP contribution in [0, 0.1) is 0 Å². The van der Waals surface area contributed by atoms with E-state index in [4.69, 9.17) is 9.47 Å². The topological polar surface area (TPSA) is 53.4 Å². The summed E-state index contributed by atoms with van der Waals surface area (Å²) in [6.07, 6.45) is 1.55. The minimum absolute atomic E-state index is 0.0353. The first kappa shape index (κ1) is 11.7. The molecule has 0 amide bonds. The van der Waals surface area contributed by atoms with E-state index in [0.717, 1.165) is 0 Å². The molecule has 0 aromatic carbocycles. The maximum Gasteiger partial charge on any atom is 0.210 e. The van der Waals surface area contributed by atoms with E-state index in [1.165, 1.54) is 18.0 Å². The molecule has 0 aliphatic rings. The number of aromatic nitrogens is 2. The molecule has 0 N–H and O–H groups in total. The number of aryl methyl sites for hydroxylation is 1. The van der Waals surface area contributed by atoms with Gasteiger partial charge >= 0.3 is 0 Å². The Hall–Kier alpha value is -1.36. The fraction of sp³-hybridized carbons (Fsp3) is 0.600. The van der Waals surface area contributed by atoms with Crippen LogP contribution in [0.4, 0.5) is 0 Å². The lowest BCUT2D eigenvalue weighted by Crippen LogP contribution is -2.17. The van der Waals surface area contributed by atoms with Gasteiger partial charge in [-0.3, -0.25) is 9.48 Å². The predicted molar refractivity (Wildman–Crippen MR) is 55.2 cm³/mol. The normalized spacial score (nSPS) is 10.7. The first-order valence-corrected chi connectivity index (χ1v) is 4.77. The van der Waals surface area contributed by atoms with Gasteiger partial charge in [0.25, 0.3) is 0 Å². The van der Waals surface area contributed by atoms with Gasteiger partial charge in [0, 0.05) is 7.05 Å². The lowest BCUT2D eigenvalue weighted by molar-refractivity contribution is 0.0574. The molecule has 0 saturated heterocycles. The number of Topliss-reactive ketones (excluding diaryl/α,β-unsaturated/α-hetero) is 1. The Kier molecular flexibility index (Phi) is 3.85. The highest BCUT2D eigenvalue weighted by atomic mass is 16.5. The molecule has 0 radical (unpaired) electrons. The zero-order chi connectivity index (χ0) is 11.4. The van der Waals surface area contributed by atoms with Gasteiger partial charge in [0.2, 0.25) is 5.78 Å². The number of carbonyl (C=O) groups is 1. The third-order valence-electron chi connectivity index (χ3n) is 1.94. The van der Waals surface area contributed by atoms with Crippen LogP contribution in [0.2, 0.25) is 0 Å². The molecule has 1 heterocycles. The van der Waals surface area contributed by atoms with Gasteiger partial charge < -0.3 is 9.47 Å². The molecule has 0 spiro atoms. The largest absolute Gasteiger partial charge is 0.493 e. The highest BCUT2D eigenvalue weighted by molar-refractivity contribution is 5.97. The second-order valence-corrected chi connectivity index (χ2v) is 3.47. The molecule has 0 saturated carbocycles. The molecule has 1 rings (SSSR count). The van der Waals surface area contributed by atoms with Crippen molar-refractivity contribution in [3.63, 3.8) is 0 Å². The lowest BCUT2D eigenvalue weighted by atomic mass is 10.3. The van der Waals surface area contributed by atoms with Crippen molar-refractivity contribution in [3.8, 4) is 5.75 Å². The fourth-order valence-electron chi connectivity index (χ4n) is 1.20. The Bertz CT molecular complexity index is 344. The van der Waals surface area contributed by atoms with Crippen LogP contribution in [0.3, 0.4) is 0 Å². The van der Waals surface area contributed by atoms with Crippen LogP contribution in [0.15, 0.2) is 6.20 Å². The monoisotopic (exact) mass is 212 g/mol. The Labute approximate surface area is 89.0 Å². The zero-order valence-corrected chi connectivity index (χ0v) is 9.48. The van der Waals surface area contributed by atoms with Gasteiger partial charge in [-0.2, -0.15) is 5.10 Å². The summed E-state index contributed by atoms with van der Waals surface area (Å²) in [5, 5.41) is 3.95. The molecule has 5 nitrogen and oxygen atoms in total. The highest BCUT2D eigenvalue weighted by Gasteiger charge is 2.17. The maximum absolute atomic E-state index is 11.7. The Morgan fingerprint density at radius 2 is 2.27 bits per heavy atom. The molecule has 1 aromatic rings. The average molecular weight is 212 g/mol. The van der Waals surface area contributed by atoms with Gasteiger partial charge in [-0.25, -0.2) is 0 Å². The van der Waals surface area contributed by atoms with Crippen molar-refractivity contribution in [2.75, 3.05) is 13.7 Å². The van der Waals surface area contributed by atoms with Crippen molar-refractivity contribution in [2.24, 2.45) is 7.05 Å². The van der Waals surface area contributed by atoms with Crippen molar-refractivity contribution in [2.45, 2.75) is 20.0 Å². The number of methoxy groups -OCH3 is 1. The average Bonchev–Trinajstić information content (AvgIpc) is 2.56.